The van der Waals surface area contributed by atoms with Gasteiger partial charge in [-0.3, -0.25) is 0 Å². The summed E-state index contributed by atoms with van der Waals surface area (Å²) >= 11 is 0. The third-order valence-corrected chi connectivity index (χ3v) is 5.40. The van der Waals surface area contributed by atoms with E-state index >= 15 is 0 Å². The van der Waals surface area contributed by atoms with Crippen LogP contribution in [0.25, 0.3) is 0 Å². The Balaban J connectivity index is 2.10. The van der Waals surface area contributed by atoms with Crippen LogP contribution in [0.3, 0.4) is 0 Å². The molecule has 2 rings (SSSR count). The van der Waals surface area contributed by atoms with Gasteiger partial charge in [-0.1, -0.05) is 34.1 Å². The minimum absolute atomic E-state index is 0.0944. The van der Waals surface area contributed by atoms with Crippen molar-refractivity contribution in [3.05, 3.63) is 0 Å². The molecule has 0 bridgehead atoms. The van der Waals surface area contributed by atoms with E-state index in [-0.39, 0.29) is 11.2 Å². The number of hydrogen-bond donors (Lipinski definition) is 1. The fourth-order valence-corrected chi connectivity index (χ4v) is 3.88. The third kappa shape index (κ3) is 2.75. The van der Waals surface area contributed by atoms with Crippen molar-refractivity contribution in [2.24, 2.45) is 11.8 Å². The second-order valence-corrected chi connectivity index (χ2v) is 6.88. The number of rotatable bonds is 3. The molecule has 1 saturated heterocycles. The first-order chi connectivity index (χ1) is 8.55. The van der Waals surface area contributed by atoms with E-state index in [0.29, 0.717) is 0 Å². The summed E-state index contributed by atoms with van der Waals surface area (Å²) in [5, 5.41) is 3.67. The lowest BCUT2D eigenvalue weighted by atomic mass is 9.72. The van der Waals surface area contributed by atoms with Crippen molar-refractivity contribution in [3.63, 3.8) is 0 Å². The van der Waals surface area contributed by atoms with Gasteiger partial charge in [-0.05, 0) is 43.9 Å². The van der Waals surface area contributed by atoms with Crippen LogP contribution in [0.1, 0.15) is 66.2 Å². The summed E-state index contributed by atoms with van der Waals surface area (Å²) in [7, 11) is 0. The summed E-state index contributed by atoms with van der Waals surface area (Å²) in [5.74, 6) is 1.65. The van der Waals surface area contributed by atoms with Crippen LogP contribution in [0.4, 0.5) is 0 Å². The molecule has 1 aliphatic carbocycles. The van der Waals surface area contributed by atoms with E-state index < -0.39 is 0 Å². The second kappa shape index (κ2) is 5.50. The Kier molecular flexibility index (Phi) is 4.38. The fraction of sp³-hybridized carbons (Fsp3) is 1.00. The van der Waals surface area contributed by atoms with Crippen LogP contribution < -0.4 is 5.32 Å². The molecule has 2 atom stereocenters. The summed E-state index contributed by atoms with van der Waals surface area (Å²) in [6, 6.07) is 0. The zero-order valence-corrected chi connectivity index (χ0v) is 12.7. The number of nitrogens with one attached hydrogen (secondary N) is 1. The van der Waals surface area contributed by atoms with Gasteiger partial charge in [0, 0.05) is 13.1 Å². The van der Waals surface area contributed by atoms with E-state index in [1.165, 1.54) is 25.7 Å². The standard InChI is InChI=1S/C16H31NO/c1-5-15(6-2)11-17-12-16(18-15)9-7-8-14(10-16)13(3)4/h13-14,17H,5-12H2,1-4H3. The molecule has 2 fully saturated rings. The highest BCUT2D eigenvalue weighted by molar-refractivity contribution is 4.99. The third-order valence-electron chi connectivity index (χ3n) is 5.40. The number of ether oxygens (including phenoxy) is 1. The van der Waals surface area contributed by atoms with Crippen molar-refractivity contribution in [3.8, 4) is 0 Å². The van der Waals surface area contributed by atoms with E-state index in [1.807, 2.05) is 0 Å². The van der Waals surface area contributed by atoms with Gasteiger partial charge < -0.3 is 10.1 Å². The maximum absolute atomic E-state index is 6.72. The first-order valence-corrected chi connectivity index (χ1v) is 7.96. The van der Waals surface area contributed by atoms with Crippen LogP contribution in [-0.2, 0) is 4.74 Å². The molecule has 2 unspecified atom stereocenters. The molecule has 0 radical (unpaired) electrons. The topological polar surface area (TPSA) is 21.3 Å². The predicted molar refractivity (Wildman–Crippen MR) is 76.8 cm³/mol. The first-order valence-electron chi connectivity index (χ1n) is 7.96. The Bertz CT molecular complexity index is 268. The fourth-order valence-electron chi connectivity index (χ4n) is 3.88. The monoisotopic (exact) mass is 253 g/mol. The highest BCUT2D eigenvalue weighted by atomic mass is 16.5. The predicted octanol–water partition coefficient (Wildman–Crippen LogP) is 3.75. The molecule has 0 aromatic rings. The molecule has 0 aromatic carbocycles. The van der Waals surface area contributed by atoms with Crippen LogP contribution in [0.15, 0.2) is 0 Å². The van der Waals surface area contributed by atoms with Crippen LogP contribution in [0, 0.1) is 11.8 Å². The van der Waals surface area contributed by atoms with Crippen molar-refractivity contribution in [1.29, 1.82) is 0 Å². The Labute approximate surface area is 113 Å². The van der Waals surface area contributed by atoms with Gasteiger partial charge in [0.05, 0.1) is 11.2 Å². The van der Waals surface area contributed by atoms with Gasteiger partial charge in [-0.25, -0.2) is 0 Å². The van der Waals surface area contributed by atoms with E-state index in [2.05, 4.69) is 33.0 Å². The van der Waals surface area contributed by atoms with Crippen molar-refractivity contribution in [1.82, 2.24) is 5.32 Å². The summed E-state index contributed by atoms with van der Waals surface area (Å²) in [4.78, 5) is 0. The normalized spacial score (nSPS) is 36.2. The average molecular weight is 253 g/mol. The Morgan fingerprint density at radius 1 is 1.22 bits per heavy atom. The highest BCUT2D eigenvalue weighted by Crippen LogP contribution is 2.43. The largest absolute Gasteiger partial charge is 0.366 e. The highest BCUT2D eigenvalue weighted by Gasteiger charge is 2.46. The molecule has 2 heteroatoms. The minimum Gasteiger partial charge on any atom is -0.366 e. The molecule has 2 nitrogen and oxygen atoms in total. The zero-order valence-electron chi connectivity index (χ0n) is 12.7. The lowest BCUT2D eigenvalue weighted by molar-refractivity contribution is -0.201. The molecular weight excluding hydrogens is 222 g/mol. The van der Waals surface area contributed by atoms with Gasteiger partial charge >= 0.3 is 0 Å². The Morgan fingerprint density at radius 3 is 2.56 bits per heavy atom. The van der Waals surface area contributed by atoms with E-state index in [0.717, 1.165) is 37.8 Å². The second-order valence-electron chi connectivity index (χ2n) is 6.88. The SMILES string of the molecule is CCC1(CC)CNCC2(CCCC(C(C)C)C2)O1. The van der Waals surface area contributed by atoms with Gasteiger partial charge in [0.1, 0.15) is 0 Å². The minimum atomic E-state index is 0.0944. The smallest absolute Gasteiger partial charge is 0.0817 e. The van der Waals surface area contributed by atoms with Crippen molar-refractivity contribution in [2.45, 2.75) is 77.4 Å². The molecule has 1 heterocycles. The summed E-state index contributed by atoms with van der Waals surface area (Å²) in [5.41, 5.74) is 0.231. The number of hydrogen-bond acceptors (Lipinski definition) is 2. The average Bonchev–Trinajstić information content (AvgIpc) is 2.38. The van der Waals surface area contributed by atoms with E-state index in [4.69, 9.17) is 4.74 Å². The molecule has 1 aliphatic heterocycles. The Morgan fingerprint density at radius 2 is 1.94 bits per heavy atom. The van der Waals surface area contributed by atoms with Crippen LogP contribution in [-0.4, -0.2) is 24.3 Å². The van der Waals surface area contributed by atoms with Gasteiger partial charge in [-0.2, -0.15) is 0 Å². The maximum Gasteiger partial charge on any atom is 0.0817 e. The van der Waals surface area contributed by atoms with Crippen LogP contribution >= 0.6 is 0 Å². The maximum atomic E-state index is 6.72. The molecule has 0 aromatic heterocycles. The van der Waals surface area contributed by atoms with Gasteiger partial charge in [0.25, 0.3) is 0 Å². The summed E-state index contributed by atoms with van der Waals surface area (Å²) in [6.07, 6.45) is 7.52. The summed E-state index contributed by atoms with van der Waals surface area (Å²) in [6.45, 7) is 11.4. The van der Waals surface area contributed by atoms with Crippen molar-refractivity contribution in [2.75, 3.05) is 13.1 Å². The molecule has 2 aliphatic rings. The number of morpholine rings is 1. The quantitative estimate of drug-likeness (QED) is 0.827. The molecule has 1 saturated carbocycles. The van der Waals surface area contributed by atoms with Crippen LogP contribution in [0.2, 0.25) is 0 Å². The molecule has 0 amide bonds. The van der Waals surface area contributed by atoms with Crippen LogP contribution in [0.5, 0.6) is 0 Å². The summed E-state index contributed by atoms with van der Waals surface area (Å²) < 4.78 is 6.72. The van der Waals surface area contributed by atoms with Gasteiger partial charge in [-0.15, -0.1) is 0 Å². The van der Waals surface area contributed by atoms with Crippen molar-refractivity contribution >= 4 is 0 Å². The van der Waals surface area contributed by atoms with Gasteiger partial charge in [0.15, 0.2) is 0 Å². The lowest BCUT2D eigenvalue weighted by Crippen LogP contribution is -2.61. The molecule has 106 valence electrons. The first kappa shape index (κ1) is 14.3. The molecule has 1 N–H and O–H groups in total. The lowest BCUT2D eigenvalue weighted by Gasteiger charge is -2.52. The molecule has 18 heavy (non-hydrogen) atoms. The van der Waals surface area contributed by atoms with E-state index in [9.17, 15) is 0 Å². The Hall–Kier alpha value is -0.0800. The van der Waals surface area contributed by atoms with E-state index in [1.54, 1.807) is 0 Å². The zero-order chi connectivity index (χ0) is 13.2. The van der Waals surface area contributed by atoms with Crippen molar-refractivity contribution < 1.29 is 4.74 Å². The molecule has 1 spiro atoms. The molecular formula is C16H31NO. The van der Waals surface area contributed by atoms with Gasteiger partial charge in [0.2, 0.25) is 0 Å².